The normalized spacial score (nSPS) is 19.6. The maximum atomic E-state index is 12.3. The summed E-state index contributed by atoms with van der Waals surface area (Å²) in [6.45, 7) is 5.14. The molecule has 1 saturated heterocycles. The lowest BCUT2D eigenvalue weighted by molar-refractivity contribution is -0.139. The number of amides is 1. The monoisotopic (exact) mass is 262 g/mol. The van der Waals surface area contributed by atoms with Crippen molar-refractivity contribution in [2.75, 3.05) is 18.0 Å². The minimum absolute atomic E-state index is 0.166. The fourth-order valence-electron chi connectivity index (χ4n) is 2.42. The van der Waals surface area contributed by atoms with Gasteiger partial charge in [-0.2, -0.15) is 0 Å². The van der Waals surface area contributed by atoms with Crippen molar-refractivity contribution in [3.05, 3.63) is 29.3 Å². The molecule has 0 bridgehead atoms. The Labute approximate surface area is 112 Å². The summed E-state index contributed by atoms with van der Waals surface area (Å²) in [5, 5.41) is 11.8. The van der Waals surface area contributed by atoms with Crippen LogP contribution in [0.4, 0.5) is 5.69 Å². The standard InChI is InChI=1S/C14H18N2O3/c1-9-3-4-12(10(2)7-9)16-6-5-15-11(14(16)19)8-13(17)18/h3-4,7,11,15H,5-6,8H2,1-2H3,(H,17,18). The zero-order valence-electron chi connectivity index (χ0n) is 11.1. The van der Waals surface area contributed by atoms with E-state index in [2.05, 4.69) is 5.32 Å². The molecule has 0 aromatic heterocycles. The van der Waals surface area contributed by atoms with Gasteiger partial charge in [0.2, 0.25) is 5.91 Å². The molecule has 102 valence electrons. The second-order valence-electron chi connectivity index (χ2n) is 4.88. The van der Waals surface area contributed by atoms with Gasteiger partial charge < -0.3 is 15.3 Å². The van der Waals surface area contributed by atoms with Gasteiger partial charge >= 0.3 is 5.97 Å². The number of aliphatic carboxylic acids is 1. The van der Waals surface area contributed by atoms with Gasteiger partial charge in [0.1, 0.15) is 0 Å². The number of hydrogen-bond donors (Lipinski definition) is 2. The number of nitrogens with zero attached hydrogens (tertiary/aromatic N) is 1. The molecule has 0 aliphatic carbocycles. The van der Waals surface area contributed by atoms with Crippen LogP contribution in [0.2, 0.25) is 0 Å². The molecule has 1 fully saturated rings. The Morgan fingerprint density at radius 3 is 2.84 bits per heavy atom. The molecule has 0 spiro atoms. The molecule has 2 N–H and O–H groups in total. The Morgan fingerprint density at radius 2 is 2.21 bits per heavy atom. The van der Waals surface area contributed by atoms with Gasteiger partial charge in [-0.3, -0.25) is 9.59 Å². The van der Waals surface area contributed by atoms with Gasteiger partial charge in [0.05, 0.1) is 12.5 Å². The van der Waals surface area contributed by atoms with Crippen LogP contribution in [0.3, 0.4) is 0 Å². The van der Waals surface area contributed by atoms with Crippen LogP contribution in [0, 0.1) is 13.8 Å². The van der Waals surface area contributed by atoms with E-state index in [1.807, 2.05) is 32.0 Å². The molecule has 0 saturated carbocycles. The highest BCUT2D eigenvalue weighted by Crippen LogP contribution is 2.23. The number of piperazine rings is 1. The number of carbonyl (C=O) groups excluding carboxylic acids is 1. The molecule has 1 aliphatic rings. The number of hydrogen-bond acceptors (Lipinski definition) is 3. The van der Waals surface area contributed by atoms with Crippen molar-refractivity contribution in [1.82, 2.24) is 5.32 Å². The van der Waals surface area contributed by atoms with Crippen LogP contribution in [0.1, 0.15) is 17.5 Å². The quantitative estimate of drug-likeness (QED) is 0.855. The number of anilines is 1. The second kappa shape index (κ2) is 5.40. The van der Waals surface area contributed by atoms with Gasteiger partial charge in [0.15, 0.2) is 0 Å². The lowest BCUT2D eigenvalue weighted by Gasteiger charge is -2.33. The average molecular weight is 262 g/mol. The smallest absolute Gasteiger partial charge is 0.305 e. The van der Waals surface area contributed by atoms with Crippen LogP contribution in [0.15, 0.2) is 18.2 Å². The van der Waals surface area contributed by atoms with Crippen LogP contribution in [-0.4, -0.2) is 36.1 Å². The van der Waals surface area contributed by atoms with Gasteiger partial charge in [0.25, 0.3) is 0 Å². The summed E-state index contributed by atoms with van der Waals surface area (Å²) in [7, 11) is 0. The van der Waals surface area contributed by atoms with Gasteiger partial charge in [-0.1, -0.05) is 17.7 Å². The molecule has 1 aliphatic heterocycles. The molecule has 5 nitrogen and oxygen atoms in total. The Morgan fingerprint density at radius 1 is 1.47 bits per heavy atom. The highest BCUT2D eigenvalue weighted by atomic mass is 16.4. The summed E-state index contributed by atoms with van der Waals surface area (Å²) in [6, 6.07) is 5.28. The molecular weight excluding hydrogens is 244 g/mol. The Hall–Kier alpha value is -1.88. The first-order valence-corrected chi connectivity index (χ1v) is 6.33. The maximum Gasteiger partial charge on any atom is 0.305 e. The molecule has 1 atom stereocenters. The molecule has 0 radical (unpaired) electrons. The minimum Gasteiger partial charge on any atom is -0.481 e. The summed E-state index contributed by atoms with van der Waals surface area (Å²) < 4.78 is 0. The number of rotatable bonds is 3. The topological polar surface area (TPSA) is 69.6 Å². The van der Waals surface area contributed by atoms with E-state index in [4.69, 9.17) is 5.11 Å². The molecule has 19 heavy (non-hydrogen) atoms. The SMILES string of the molecule is Cc1ccc(N2CCNC(CC(=O)O)C2=O)c(C)c1. The van der Waals surface area contributed by atoms with E-state index in [-0.39, 0.29) is 12.3 Å². The predicted molar refractivity (Wildman–Crippen MR) is 72.3 cm³/mol. The van der Waals surface area contributed by atoms with Gasteiger partial charge in [-0.15, -0.1) is 0 Å². The maximum absolute atomic E-state index is 12.3. The molecule has 5 heteroatoms. The zero-order chi connectivity index (χ0) is 14.0. The van der Waals surface area contributed by atoms with E-state index in [0.29, 0.717) is 13.1 Å². The number of nitrogens with one attached hydrogen (secondary N) is 1. The second-order valence-corrected chi connectivity index (χ2v) is 4.88. The lowest BCUT2D eigenvalue weighted by atomic mass is 10.1. The molecule has 2 rings (SSSR count). The van der Waals surface area contributed by atoms with Crippen LogP contribution in [0.25, 0.3) is 0 Å². The third kappa shape index (κ3) is 2.93. The van der Waals surface area contributed by atoms with Crippen molar-refractivity contribution >= 4 is 17.6 Å². The molecule has 1 aromatic rings. The third-order valence-corrected chi connectivity index (χ3v) is 3.31. The predicted octanol–water partition coefficient (Wildman–Crippen LogP) is 1.08. The third-order valence-electron chi connectivity index (χ3n) is 3.31. The first kappa shape index (κ1) is 13.5. The van der Waals surface area contributed by atoms with E-state index in [1.165, 1.54) is 0 Å². The highest BCUT2D eigenvalue weighted by molar-refractivity contribution is 6.00. The largest absolute Gasteiger partial charge is 0.481 e. The Bertz CT molecular complexity index is 513. The molecule has 1 heterocycles. The first-order valence-electron chi connectivity index (χ1n) is 6.33. The number of carboxylic acid groups (broad SMARTS) is 1. The van der Waals surface area contributed by atoms with E-state index in [1.54, 1.807) is 4.90 Å². The lowest BCUT2D eigenvalue weighted by Crippen LogP contribution is -2.56. The van der Waals surface area contributed by atoms with Crippen molar-refractivity contribution in [1.29, 1.82) is 0 Å². The number of carbonyl (C=O) groups is 2. The van der Waals surface area contributed by atoms with Crippen molar-refractivity contribution in [2.45, 2.75) is 26.3 Å². The Kier molecular flexibility index (Phi) is 3.85. The van der Waals surface area contributed by atoms with Crippen molar-refractivity contribution in [3.8, 4) is 0 Å². The molecule has 1 amide bonds. The van der Waals surface area contributed by atoms with Gasteiger partial charge in [0, 0.05) is 18.8 Å². The van der Waals surface area contributed by atoms with Crippen molar-refractivity contribution in [2.24, 2.45) is 0 Å². The minimum atomic E-state index is -0.965. The van der Waals surface area contributed by atoms with Gasteiger partial charge in [-0.25, -0.2) is 0 Å². The van der Waals surface area contributed by atoms with Crippen LogP contribution in [0.5, 0.6) is 0 Å². The highest BCUT2D eigenvalue weighted by Gasteiger charge is 2.31. The number of carboxylic acids is 1. The fraction of sp³-hybridized carbons (Fsp3) is 0.429. The summed E-state index contributed by atoms with van der Waals surface area (Å²) in [5.74, 6) is -1.13. The zero-order valence-corrected chi connectivity index (χ0v) is 11.1. The summed E-state index contributed by atoms with van der Waals surface area (Å²) in [5.41, 5.74) is 3.04. The van der Waals surface area contributed by atoms with Crippen LogP contribution in [-0.2, 0) is 9.59 Å². The van der Waals surface area contributed by atoms with Crippen LogP contribution >= 0.6 is 0 Å². The average Bonchev–Trinajstić information content (AvgIpc) is 2.32. The molecule has 1 aromatic carbocycles. The summed E-state index contributed by atoms with van der Waals surface area (Å²) in [4.78, 5) is 24.7. The van der Waals surface area contributed by atoms with Crippen molar-refractivity contribution in [3.63, 3.8) is 0 Å². The summed E-state index contributed by atoms with van der Waals surface area (Å²) in [6.07, 6.45) is -0.180. The number of benzene rings is 1. The Balaban J connectivity index is 2.24. The fourth-order valence-corrected chi connectivity index (χ4v) is 2.42. The molecule has 1 unspecified atom stereocenters. The van der Waals surface area contributed by atoms with E-state index in [0.717, 1.165) is 16.8 Å². The van der Waals surface area contributed by atoms with Gasteiger partial charge in [-0.05, 0) is 25.5 Å². The number of aryl methyl sites for hydroxylation is 2. The van der Waals surface area contributed by atoms with E-state index in [9.17, 15) is 9.59 Å². The molecular formula is C14H18N2O3. The summed E-state index contributed by atoms with van der Waals surface area (Å²) >= 11 is 0. The van der Waals surface area contributed by atoms with Crippen LogP contribution < -0.4 is 10.2 Å². The van der Waals surface area contributed by atoms with Crippen molar-refractivity contribution < 1.29 is 14.7 Å². The first-order chi connectivity index (χ1) is 8.99. The van der Waals surface area contributed by atoms with E-state index >= 15 is 0 Å². The van der Waals surface area contributed by atoms with E-state index < -0.39 is 12.0 Å².